The molecule has 0 aliphatic carbocycles. The minimum absolute atomic E-state index is 4.19. The average Bonchev–Trinajstić information content (AvgIpc) is 2.32. The molecule has 0 aromatic heterocycles. The molecule has 0 nitrogen and oxygen atoms in total. The van der Waals surface area contributed by atoms with Crippen molar-refractivity contribution < 1.29 is 61.5 Å². The highest BCUT2D eigenvalue weighted by Crippen LogP contribution is 2.47. The Morgan fingerprint density at radius 2 is 0.591 bits per heavy atom. The number of alkyl halides is 10. The molecule has 0 bridgehead atoms. The second-order valence-corrected chi connectivity index (χ2v) is 3.40. The Morgan fingerprint density at radius 1 is 0.409 bits per heavy atom. The molecule has 0 aliphatic heterocycles. The van der Waals surface area contributed by atoms with Crippen LogP contribution < -0.4 is 0 Å². The van der Waals surface area contributed by atoms with Gasteiger partial charge in [0, 0.05) is 0 Å². The van der Waals surface area contributed by atoms with Crippen molar-refractivity contribution in [3.05, 3.63) is 23.3 Å². The van der Waals surface area contributed by atoms with Crippen molar-refractivity contribution >= 4 is 0 Å². The van der Waals surface area contributed by atoms with Gasteiger partial charge in [-0.2, -0.15) is 43.9 Å². The molecule has 0 amide bonds. The van der Waals surface area contributed by atoms with Gasteiger partial charge >= 0.3 is 24.2 Å². The van der Waals surface area contributed by atoms with E-state index in [9.17, 15) is 61.5 Å². The molecule has 0 aliphatic rings. The Bertz CT molecular complexity index is 440. The van der Waals surface area contributed by atoms with E-state index in [-0.39, 0.29) is 0 Å². The van der Waals surface area contributed by atoms with Gasteiger partial charge in [0.25, 0.3) is 0 Å². The van der Waals surface area contributed by atoms with E-state index < -0.39 is 47.5 Å². The molecule has 0 N–H and O–H groups in total. The molecule has 0 saturated carbocycles. The van der Waals surface area contributed by atoms with E-state index in [2.05, 4.69) is 0 Å². The van der Waals surface area contributed by atoms with Gasteiger partial charge in [0.1, 0.15) is 0 Å². The van der Waals surface area contributed by atoms with E-state index in [1.165, 1.54) is 0 Å². The molecule has 0 spiro atoms. The van der Waals surface area contributed by atoms with Crippen LogP contribution in [0.4, 0.5) is 61.5 Å². The highest BCUT2D eigenvalue weighted by Gasteiger charge is 2.65. The third kappa shape index (κ3) is 3.45. The molecule has 0 heterocycles. The Kier molecular flexibility index (Phi) is 5.22. The third-order valence-electron chi connectivity index (χ3n) is 1.84. The number of hydrogen-bond donors (Lipinski definition) is 0. The molecule has 0 unspecified atom stereocenters. The summed E-state index contributed by atoms with van der Waals surface area (Å²) >= 11 is 0. The van der Waals surface area contributed by atoms with Crippen molar-refractivity contribution in [3.63, 3.8) is 0 Å². The normalized spacial score (nSPS) is 17.2. The second kappa shape index (κ2) is 5.61. The van der Waals surface area contributed by atoms with Crippen molar-refractivity contribution in [2.24, 2.45) is 0 Å². The fourth-order valence-electron chi connectivity index (χ4n) is 0.717. The molecule has 22 heavy (non-hydrogen) atoms. The molecule has 0 aromatic carbocycles. The first-order valence-corrected chi connectivity index (χ1v) is 4.40. The quantitative estimate of drug-likeness (QED) is 0.448. The van der Waals surface area contributed by atoms with Crippen LogP contribution in [-0.4, -0.2) is 24.2 Å². The van der Waals surface area contributed by atoms with E-state index in [0.717, 1.165) is 0 Å². The summed E-state index contributed by atoms with van der Waals surface area (Å²) in [5, 5.41) is 0. The van der Waals surface area contributed by atoms with E-state index in [1.54, 1.807) is 0 Å². The van der Waals surface area contributed by atoms with Crippen LogP contribution in [0.5, 0.6) is 0 Å². The minimum atomic E-state index is -6.89. The number of hydrogen-bond acceptors (Lipinski definition) is 0. The zero-order chi connectivity index (χ0) is 18.3. The number of rotatable bonds is 3. The van der Waals surface area contributed by atoms with Gasteiger partial charge in [-0.3, -0.25) is 0 Å². The minimum Gasteiger partial charge on any atom is -0.201 e. The zero-order valence-electron chi connectivity index (χ0n) is 9.29. The lowest BCUT2D eigenvalue weighted by Gasteiger charge is -2.19. The van der Waals surface area contributed by atoms with Crippen molar-refractivity contribution in [1.29, 1.82) is 0 Å². The van der Waals surface area contributed by atoms with Crippen LogP contribution in [0.1, 0.15) is 0 Å². The van der Waals surface area contributed by atoms with Gasteiger partial charge in [-0.1, -0.05) is 0 Å². The molecule has 130 valence electrons. The Balaban J connectivity index is 6.16. The lowest BCUT2D eigenvalue weighted by Crippen LogP contribution is -2.38. The zero-order valence-corrected chi connectivity index (χ0v) is 9.29. The van der Waals surface area contributed by atoms with Crippen molar-refractivity contribution in [1.82, 2.24) is 0 Å². The predicted molar refractivity (Wildman–Crippen MR) is 40.5 cm³/mol. The lowest BCUT2D eigenvalue weighted by atomic mass is 10.2. The fourth-order valence-corrected chi connectivity index (χ4v) is 0.717. The first kappa shape index (κ1) is 20.5. The van der Waals surface area contributed by atoms with Gasteiger partial charge in [-0.25, -0.2) is 17.6 Å². The molecule has 14 heteroatoms. The van der Waals surface area contributed by atoms with E-state index in [0.29, 0.717) is 0 Å². The smallest absolute Gasteiger partial charge is 0.201 e. The van der Waals surface area contributed by atoms with Crippen LogP contribution in [-0.2, 0) is 0 Å². The van der Waals surface area contributed by atoms with Gasteiger partial charge in [-0.15, -0.1) is 0 Å². The maximum absolute atomic E-state index is 12.5. The van der Waals surface area contributed by atoms with E-state index in [4.69, 9.17) is 0 Å². The Labute approximate surface area is 110 Å². The van der Waals surface area contributed by atoms with Crippen LogP contribution >= 0.6 is 0 Å². The van der Waals surface area contributed by atoms with Crippen molar-refractivity contribution in [2.45, 2.75) is 24.2 Å². The van der Waals surface area contributed by atoms with Crippen LogP contribution in [0.3, 0.4) is 0 Å². The van der Waals surface area contributed by atoms with Crippen LogP contribution in [0.2, 0.25) is 0 Å². The molecule has 0 radical (unpaired) electrons. The first-order chi connectivity index (χ1) is 9.39. The van der Waals surface area contributed by atoms with Crippen LogP contribution in [0.25, 0.3) is 0 Å². The summed E-state index contributed by atoms with van der Waals surface area (Å²) in [5.41, 5.74) is 0. The largest absolute Gasteiger partial charge is 0.460 e. The molecule has 0 fully saturated rings. The van der Waals surface area contributed by atoms with Gasteiger partial charge in [0.15, 0.2) is 11.7 Å². The van der Waals surface area contributed by atoms with Crippen molar-refractivity contribution in [3.8, 4) is 0 Å². The Morgan fingerprint density at radius 3 is 0.727 bits per heavy atom. The summed E-state index contributed by atoms with van der Waals surface area (Å²) in [7, 11) is 0. The summed E-state index contributed by atoms with van der Waals surface area (Å²) in [6, 6.07) is 0. The van der Waals surface area contributed by atoms with Gasteiger partial charge in [0.05, 0.1) is 0 Å². The van der Waals surface area contributed by atoms with Gasteiger partial charge in [0.2, 0.25) is 11.7 Å². The van der Waals surface area contributed by atoms with Gasteiger partial charge < -0.3 is 0 Å². The van der Waals surface area contributed by atoms with E-state index >= 15 is 0 Å². The lowest BCUT2D eigenvalue weighted by molar-refractivity contribution is -0.272. The van der Waals surface area contributed by atoms with Crippen molar-refractivity contribution in [2.75, 3.05) is 0 Å². The molecular formula is C8F14. The third-order valence-corrected chi connectivity index (χ3v) is 1.84. The van der Waals surface area contributed by atoms with E-state index in [1.807, 2.05) is 0 Å². The molecule has 0 saturated heterocycles. The summed E-state index contributed by atoms with van der Waals surface area (Å²) < 4.78 is 168. The number of allylic oxidation sites excluding steroid dienone is 4. The van der Waals surface area contributed by atoms with Crippen LogP contribution in [0.15, 0.2) is 23.3 Å². The summed E-state index contributed by atoms with van der Waals surface area (Å²) in [4.78, 5) is 0. The Hall–Kier alpha value is -1.50. The summed E-state index contributed by atoms with van der Waals surface area (Å²) in [6.45, 7) is 0. The monoisotopic (exact) mass is 362 g/mol. The maximum atomic E-state index is 12.5. The summed E-state index contributed by atoms with van der Waals surface area (Å²) in [6.07, 6.45) is -13.8. The topological polar surface area (TPSA) is 0 Å². The molecule has 0 aromatic rings. The highest BCUT2D eigenvalue weighted by atomic mass is 19.4. The molecule has 0 rings (SSSR count). The molecular weight excluding hydrogens is 362 g/mol. The first-order valence-electron chi connectivity index (χ1n) is 4.40. The highest BCUT2D eigenvalue weighted by molar-refractivity contribution is 5.31. The fraction of sp³-hybridized carbons (Fsp3) is 0.500. The predicted octanol–water partition coefficient (Wildman–Crippen LogP) is 5.68. The number of halogens is 14. The SMILES string of the molecule is FC(C(F)=C(F)C(F)(F)C(F)(F)F)=C(F)C(F)(F)C(F)(F)F. The van der Waals surface area contributed by atoms with Gasteiger partial charge in [-0.05, 0) is 0 Å². The standard InChI is InChI=1S/C8F14/c9-1(3(11)5(13,14)7(17,18)19)2(10)4(12)6(15,16)8(20,21)22. The average molecular weight is 362 g/mol. The summed E-state index contributed by atoms with van der Waals surface area (Å²) in [5.74, 6) is -30.8. The second-order valence-electron chi connectivity index (χ2n) is 3.40. The maximum Gasteiger partial charge on any atom is 0.460 e. The van der Waals surface area contributed by atoms with Crippen LogP contribution in [0, 0.1) is 0 Å². The molecule has 0 atom stereocenters.